The zero-order chi connectivity index (χ0) is 47.9. The first-order valence-electron chi connectivity index (χ1n) is 28.3. The predicted octanol–water partition coefficient (Wildman–Crippen LogP) is 18.8. The zero-order valence-electron chi connectivity index (χ0n) is 43.7. The third-order valence-corrected chi connectivity index (χ3v) is 12.3. The van der Waals surface area contributed by atoms with Crippen molar-refractivity contribution in [2.24, 2.45) is 0 Å². The summed E-state index contributed by atoms with van der Waals surface area (Å²) < 4.78 is 16.8. The number of rotatable bonds is 51. The zero-order valence-corrected chi connectivity index (χ0v) is 43.7. The van der Waals surface area contributed by atoms with Crippen LogP contribution in [-0.2, 0) is 28.6 Å². The van der Waals surface area contributed by atoms with Crippen molar-refractivity contribution in [3.8, 4) is 0 Å². The van der Waals surface area contributed by atoms with Crippen molar-refractivity contribution in [1.29, 1.82) is 0 Å². The summed E-state index contributed by atoms with van der Waals surface area (Å²) in [5, 5.41) is 0. The van der Waals surface area contributed by atoms with Crippen LogP contribution in [0.15, 0.2) is 60.8 Å². The minimum atomic E-state index is -0.783. The molecular weight excluding hydrogens is 817 g/mol. The lowest BCUT2D eigenvalue weighted by Crippen LogP contribution is -2.30. The molecule has 0 aromatic rings. The molecule has 0 radical (unpaired) electrons. The average molecular weight is 924 g/mol. The van der Waals surface area contributed by atoms with Gasteiger partial charge in [0.05, 0.1) is 0 Å². The van der Waals surface area contributed by atoms with Gasteiger partial charge in [-0.3, -0.25) is 14.4 Å². The summed E-state index contributed by atoms with van der Waals surface area (Å²) in [5.74, 6) is -0.895. The summed E-state index contributed by atoms with van der Waals surface area (Å²) in [5.41, 5.74) is 0. The van der Waals surface area contributed by atoms with E-state index in [1.165, 1.54) is 161 Å². The van der Waals surface area contributed by atoms with E-state index in [-0.39, 0.29) is 31.1 Å². The summed E-state index contributed by atoms with van der Waals surface area (Å²) >= 11 is 0. The minimum absolute atomic E-state index is 0.0815. The maximum Gasteiger partial charge on any atom is 0.306 e. The molecule has 6 heteroatoms. The Morgan fingerprint density at radius 3 is 1.05 bits per heavy atom. The average Bonchev–Trinajstić information content (AvgIpc) is 3.31. The quantitative estimate of drug-likeness (QED) is 0.0199. The number of ether oxygens (including phenoxy) is 3. The van der Waals surface area contributed by atoms with E-state index in [1.54, 1.807) is 0 Å². The molecule has 0 fully saturated rings. The fourth-order valence-corrected chi connectivity index (χ4v) is 8.00. The molecular formula is C60H106O6. The van der Waals surface area contributed by atoms with E-state index in [4.69, 9.17) is 14.2 Å². The number of allylic oxidation sites excluding steroid dienone is 10. The Balaban J connectivity index is 4.35. The predicted molar refractivity (Wildman–Crippen MR) is 284 cm³/mol. The monoisotopic (exact) mass is 923 g/mol. The van der Waals surface area contributed by atoms with E-state index < -0.39 is 6.10 Å². The molecule has 0 saturated heterocycles. The molecule has 6 nitrogen and oxygen atoms in total. The largest absolute Gasteiger partial charge is 0.462 e. The van der Waals surface area contributed by atoms with Gasteiger partial charge in [-0.1, -0.05) is 229 Å². The number of unbranched alkanes of at least 4 members (excludes halogenated alkanes) is 31. The second-order valence-corrected chi connectivity index (χ2v) is 18.8. The van der Waals surface area contributed by atoms with Gasteiger partial charge in [-0.05, 0) is 96.3 Å². The number of carbonyl (C=O) groups excluding carboxylic acids is 3. The SMILES string of the molecule is CC/C=C\C/C=C\CCCCCCCC(=O)OCC(COC(=O)CCCCCCCCCCCC/C=C\C=C/CCCCC)OC(=O)CCCCCCCCC/C=C\CCCCCCCC. The van der Waals surface area contributed by atoms with Crippen molar-refractivity contribution in [3.05, 3.63) is 60.8 Å². The molecule has 382 valence electrons. The van der Waals surface area contributed by atoms with Gasteiger partial charge in [-0.2, -0.15) is 0 Å². The molecule has 0 amide bonds. The van der Waals surface area contributed by atoms with Crippen LogP contribution in [0.1, 0.15) is 284 Å². The molecule has 0 bridgehead atoms. The molecule has 0 aromatic carbocycles. The Bertz CT molecular complexity index is 1200. The second kappa shape index (κ2) is 54.7. The standard InChI is InChI=1S/C60H106O6/c1-4-7-10-13-16-19-22-25-27-29-30-32-33-35-38-41-44-47-50-53-59(62)65-56-57(55-64-58(61)52-49-46-43-40-37-24-21-18-15-12-9-6-3)66-60(63)54-51-48-45-42-39-36-34-31-28-26-23-20-17-14-11-8-5-2/h9,12,16,18-19,21-22,25-26,28,57H,4-8,10-11,13-15,17,20,23-24,27,29-56H2,1-3H3/b12-9-,19-16-,21-18-,25-22-,28-26-. The molecule has 0 N–H and O–H groups in total. The Labute approximate surface area is 409 Å². The van der Waals surface area contributed by atoms with Crippen LogP contribution in [0.25, 0.3) is 0 Å². The molecule has 1 atom stereocenters. The van der Waals surface area contributed by atoms with Gasteiger partial charge in [-0.15, -0.1) is 0 Å². The van der Waals surface area contributed by atoms with E-state index >= 15 is 0 Å². The lowest BCUT2D eigenvalue weighted by Gasteiger charge is -2.18. The molecule has 0 spiro atoms. The Morgan fingerprint density at radius 2 is 0.636 bits per heavy atom. The molecule has 0 heterocycles. The van der Waals surface area contributed by atoms with Crippen molar-refractivity contribution >= 4 is 17.9 Å². The molecule has 0 aromatic heterocycles. The van der Waals surface area contributed by atoms with Crippen LogP contribution < -0.4 is 0 Å². The van der Waals surface area contributed by atoms with Gasteiger partial charge < -0.3 is 14.2 Å². The van der Waals surface area contributed by atoms with Crippen LogP contribution in [0.3, 0.4) is 0 Å². The molecule has 66 heavy (non-hydrogen) atoms. The normalized spacial score (nSPS) is 12.5. The van der Waals surface area contributed by atoms with Gasteiger partial charge >= 0.3 is 17.9 Å². The van der Waals surface area contributed by atoms with Crippen molar-refractivity contribution in [3.63, 3.8) is 0 Å². The van der Waals surface area contributed by atoms with Crippen molar-refractivity contribution < 1.29 is 28.6 Å². The minimum Gasteiger partial charge on any atom is -0.462 e. The molecule has 0 aliphatic heterocycles. The summed E-state index contributed by atoms with van der Waals surface area (Å²) in [6.07, 6.45) is 67.8. The van der Waals surface area contributed by atoms with Gasteiger partial charge in [0, 0.05) is 19.3 Å². The van der Waals surface area contributed by atoms with Gasteiger partial charge in [0.25, 0.3) is 0 Å². The van der Waals surface area contributed by atoms with E-state index in [0.717, 1.165) is 83.5 Å². The highest BCUT2D eigenvalue weighted by atomic mass is 16.6. The maximum absolute atomic E-state index is 12.8. The van der Waals surface area contributed by atoms with Gasteiger partial charge in [0.15, 0.2) is 6.10 Å². The molecule has 0 aliphatic carbocycles. The topological polar surface area (TPSA) is 78.9 Å². The number of carbonyl (C=O) groups is 3. The molecule has 0 saturated carbocycles. The molecule has 0 rings (SSSR count). The second-order valence-electron chi connectivity index (χ2n) is 18.8. The highest BCUT2D eigenvalue weighted by Crippen LogP contribution is 2.15. The van der Waals surface area contributed by atoms with Gasteiger partial charge in [0.1, 0.15) is 13.2 Å². The molecule has 0 aliphatic rings. The van der Waals surface area contributed by atoms with E-state index in [0.29, 0.717) is 19.3 Å². The van der Waals surface area contributed by atoms with E-state index in [2.05, 4.69) is 81.5 Å². The Hall–Kier alpha value is -2.89. The van der Waals surface area contributed by atoms with Gasteiger partial charge in [0.2, 0.25) is 0 Å². The van der Waals surface area contributed by atoms with Gasteiger partial charge in [-0.25, -0.2) is 0 Å². The lowest BCUT2D eigenvalue weighted by atomic mass is 10.1. The lowest BCUT2D eigenvalue weighted by molar-refractivity contribution is -0.167. The van der Waals surface area contributed by atoms with Crippen LogP contribution in [-0.4, -0.2) is 37.2 Å². The number of hydrogen-bond acceptors (Lipinski definition) is 6. The van der Waals surface area contributed by atoms with Crippen LogP contribution in [0.2, 0.25) is 0 Å². The van der Waals surface area contributed by atoms with Crippen LogP contribution in [0.4, 0.5) is 0 Å². The van der Waals surface area contributed by atoms with Crippen molar-refractivity contribution in [2.75, 3.05) is 13.2 Å². The van der Waals surface area contributed by atoms with E-state index in [1.807, 2.05) is 0 Å². The summed E-state index contributed by atoms with van der Waals surface area (Å²) in [6.45, 7) is 6.50. The fourth-order valence-electron chi connectivity index (χ4n) is 8.00. The summed E-state index contributed by atoms with van der Waals surface area (Å²) in [7, 11) is 0. The maximum atomic E-state index is 12.8. The summed E-state index contributed by atoms with van der Waals surface area (Å²) in [4.78, 5) is 38.1. The highest BCUT2D eigenvalue weighted by Gasteiger charge is 2.19. The van der Waals surface area contributed by atoms with Crippen molar-refractivity contribution in [1.82, 2.24) is 0 Å². The third kappa shape index (κ3) is 52.1. The van der Waals surface area contributed by atoms with Crippen LogP contribution >= 0.6 is 0 Å². The van der Waals surface area contributed by atoms with Crippen LogP contribution in [0, 0.1) is 0 Å². The molecule has 1 unspecified atom stereocenters. The first-order valence-corrected chi connectivity index (χ1v) is 28.3. The smallest absolute Gasteiger partial charge is 0.306 e. The Kier molecular flexibility index (Phi) is 52.3. The number of esters is 3. The summed E-state index contributed by atoms with van der Waals surface area (Å²) in [6, 6.07) is 0. The Morgan fingerprint density at radius 1 is 0.333 bits per heavy atom. The van der Waals surface area contributed by atoms with E-state index in [9.17, 15) is 14.4 Å². The van der Waals surface area contributed by atoms with Crippen LogP contribution in [0.5, 0.6) is 0 Å². The highest BCUT2D eigenvalue weighted by molar-refractivity contribution is 5.71. The van der Waals surface area contributed by atoms with Crippen molar-refractivity contribution in [2.45, 2.75) is 290 Å². The first-order chi connectivity index (χ1) is 32.5. The third-order valence-electron chi connectivity index (χ3n) is 12.3. The fraction of sp³-hybridized carbons (Fsp3) is 0.783. The number of hydrogen-bond donors (Lipinski definition) is 0. The first kappa shape index (κ1) is 63.1.